The maximum atomic E-state index is 13.4. The lowest BCUT2D eigenvalue weighted by atomic mass is 10.1. The van der Waals surface area contributed by atoms with Gasteiger partial charge < -0.3 is 16.3 Å². The number of benzene rings is 1. The normalized spacial score (nSPS) is 13.1. The van der Waals surface area contributed by atoms with Gasteiger partial charge in [-0.15, -0.1) is 0 Å². The van der Waals surface area contributed by atoms with E-state index in [1.165, 1.54) is 0 Å². The van der Waals surface area contributed by atoms with Crippen LogP contribution >= 0.6 is 0 Å². The average Bonchev–Trinajstić information content (AvgIpc) is 2.37. The first-order chi connectivity index (χ1) is 8.99. The predicted octanol–water partition coefficient (Wildman–Crippen LogP) is 1.61. The molecule has 0 spiro atoms. The van der Waals surface area contributed by atoms with Crippen LogP contribution in [0.15, 0.2) is 23.4 Å². The molecule has 0 radical (unpaired) electrons. The van der Waals surface area contributed by atoms with E-state index in [2.05, 4.69) is 10.5 Å². The summed E-state index contributed by atoms with van der Waals surface area (Å²) in [6, 6.07) is 1.94. The third-order valence-corrected chi connectivity index (χ3v) is 2.53. The first kappa shape index (κ1) is 14.9. The summed E-state index contributed by atoms with van der Waals surface area (Å²) < 4.78 is 26.1. The van der Waals surface area contributed by atoms with E-state index in [0.717, 1.165) is 12.1 Å². The van der Waals surface area contributed by atoms with Crippen molar-refractivity contribution in [2.75, 3.05) is 0 Å². The minimum atomic E-state index is -0.966. The molecule has 1 atom stereocenters. The van der Waals surface area contributed by atoms with Crippen LogP contribution in [0.1, 0.15) is 30.1 Å². The van der Waals surface area contributed by atoms with E-state index in [1.807, 2.05) is 6.92 Å². The average molecular weight is 271 g/mol. The number of carbonyl (C=O) groups excluding carboxylic acids is 1. The summed E-state index contributed by atoms with van der Waals surface area (Å²) in [4.78, 5) is 11.8. The third kappa shape index (κ3) is 3.90. The topological polar surface area (TPSA) is 87.7 Å². The molecular weight excluding hydrogens is 256 g/mol. The van der Waals surface area contributed by atoms with Crippen LogP contribution < -0.4 is 11.1 Å². The summed E-state index contributed by atoms with van der Waals surface area (Å²) >= 11 is 0. The summed E-state index contributed by atoms with van der Waals surface area (Å²) in [6.07, 6.45) is 1.11. The molecule has 1 unspecified atom stereocenters. The lowest BCUT2D eigenvalue weighted by Crippen LogP contribution is -2.44. The lowest BCUT2D eigenvalue weighted by Gasteiger charge is -2.16. The molecule has 5 nitrogen and oxygen atoms in total. The SMILES string of the molecule is CCCC(NC(=O)c1ccc(F)cc1F)/C(N)=N/O. The van der Waals surface area contributed by atoms with Crippen LogP contribution in [0.4, 0.5) is 8.78 Å². The van der Waals surface area contributed by atoms with Crippen LogP contribution in [0, 0.1) is 11.6 Å². The van der Waals surface area contributed by atoms with Gasteiger partial charge in [0.05, 0.1) is 11.6 Å². The van der Waals surface area contributed by atoms with Crippen molar-refractivity contribution in [3.8, 4) is 0 Å². The second-order valence-electron chi connectivity index (χ2n) is 3.96. The number of carbonyl (C=O) groups is 1. The van der Waals surface area contributed by atoms with Gasteiger partial charge in [0.15, 0.2) is 5.84 Å². The molecule has 4 N–H and O–H groups in total. The molecule has 0 fully saturated rings. The van der Waals surface area contributed by atoms with E-state index in [-0.39, 0.29) is 11.4 Å². The second kappa shape index (κ2) is 6.67. The Bertz CT molecular complexity index is 492. The number of amidine groups is 1. The van der Waals surface area contributed by atoms with Crippen LogP contribution in [0.25, 0.3) is 0 Å². The van der Waals surface area contributed by atoms with Crippen molar-refractivity contribution in [3.63, 3.8) is 0 Å². The first-order valence-corrected chi connectivity index (χ1v) is 5.73. The largest absolute Gasteiger partial charge is 0.409 e. The predicted molar refractivity (Wildman–Crippen MR) is 65.9 cm³/mol. The van der Waals surface area contributed by atoms with E-state index >= 15 is 0 Å². The highest BCUT2D eigenvalue weighted by molar-refractivity contribution is 5.98. The molecule has 19 heavy (non-hydrogen) atoms. The van der Waals surface area contributed by atoms with Crippen molar-refractivity contribution in [1.82, 2.24) is 5.32 Å². The van der Waals surface area contributed by atoms with Gasteiger partial charge in [-0.2, -0.15) is 0 Å². The summed E-state index contributed by atoms with van der Waals surface area (Å²) in [7, 11) is 0. The summed E-state index contributed by atoms with van der Waals surface area (Å²) in [6.45, 7) is 1.85. The number of hydrogen-bond acceptors (Lipinski definition) is 3. The molecule has 0 aromatic heterocycles. The molecule has 1 rings (SSSR count). The zero-order valence-corrected chi connectivity index (χ0v) is 10.4. The number of rotatable bonds is 5. The molecule has 7 heteroatoms. The van der Waals surface area contributed by atoms with Crippen molar-refractivity contribution in [3.05, 3.63) is 35.4 Å². The number of hydrogen-bond donors (Lipinski definition) is 3. The van der Waals surface area contributed by atoms with Crippen molar-refractivity contribution < 1.29 is 18.8 Å². The molecule has 104 valence electrons. The van der Waals surface area contributed by atoms with E-state index < -0.39 is 23.6 Å². The second-order valence-corrected chi connectivity index (χ2v) is 3.96. The molecule has 0 heterocycles. The van der Waals surface area contributed by atoms with Gasteiger partial charge in [-0.05, 0) is 18.6 Å². The summed E-state index contributed by atoms with van der Waals surface area (Å²) in [5.74, 6) is -2.65. The number of nitrogens with one attached hydrogen (secondary N) is 1. The van der Waals surface area contributed by atoms with Crippen molar-refractivity contribution in [2.24, 2.45) is 10.9 Å². The Morgan fingerprint density at radius 2 is 2.21 bits per heavy atom. The fourth-order valence-electron chi connectivity index (χ4n) is 1.56. The van der Waals surface area contributed by atoms with Crippen LogP contribution in [0.3, 0.4) is 0 Å². The molecule has 0 aliphatic carbocycles. The summed E-state index contributed by atoms with van der Waals surface area (Å²) in [5.41, 5.74) is 5.13. The van der Waals surface area contributed by atoms with Gasteiger partial charge >= 0.3 is 0 Å². The Kier molecular flexibility index (Phi) is 5.23. The summed E-state index contributed by atoms with van der Waals surface area (Å²) in [5, 5.41) is 13.8. The highest BCUT2D eigenvalue weighted by Crippen LogP contribution is 2.10. The molecular formula is C12H15F2N3O2. The van der Waals surface area contributed by atoms with Gasteiger partial charge in [0.2, 0.25) is 0 Å². The number of oxime groups is 1. The van der Waals surface area contributed by atoms with E-state index in [4.69, 9.17) is 10.9 Å². The Hall–Kier alpha value is -2.18. The van der Waals surface area contributed by atoms with Crippen molar-refractivity contribution >= 4 is 11.7 Å². The van der Waals surface area contributed by atoms with Crippen LogP contribution in [0.2, 0.25) is 0 Å². The Labute approximate surface area is 109 Å². The standard InChI is InChI=1S/C12H15F2N3O2/c1-2-3-10(11(15)17-19)16-12(18)8-5-4-7(13)6-9(8)14/h4-6,10,19H,2-3H2,1H3,(H2,15,17)(H,16,18). The highest BCUT2D eigenvalue weighted by Gasteiger charge is 2.19. The van der Waals surface area contributed by atoms with Crippen LogP contribution in [-0.4, -0.2) is 23.0 Å². The molecule has 0 aliphatic rings. The maximum absolute atomic E-state index is 13.4. The smallest absolute Gasteiger partial charge is 0.254 e. The lowest BCUT2D eigenvalue weighted by molar-refractivity contribution is 0.0940. The number of halogens is 2. The molecule has 0 saturated heterocycles. The molecule has 0 saturated carbocycles. The molecule has 1 aromatic rings. The monoisotopic (exact) mass is 271 g/mol. The fourth-order valence-corrected chi connectivity index (χ4v) is 1.56. The molecule has 1 aromatic carbocycles. The number of nitrogens with two attached hydrogens (primary N) is 1. The van der Waals surface area contributed by atoms with E-state index in [0.29, 0.717) is 18.9 Å². The zero-order chi connectivity index (χ0) is 14.4. The third-order valence-electron chi connectivity index (χ3n) is 2.53. The van der Waals surface area contributed by atoms with Gasteiger partial charge in [-0.3, -0.25) is 4.79 Å². The van der Waals surface area contributed by atoms with Gasteiger partial charge in [0.1, 0.15) is 11.6 Å². The molecule has 0 bridgehead atoms. The highest BCUT2D eigenvalue weighted by atomic mass is 19.1. The van der Waals surface area contributed by atoms with Crippen LogP contribution in [0.5, 0.6) is 0 Å². The van der Waals surface area contributed by atoms with Crippen LogP contribution in [-0.2, 0) is 0 Å². The molecule has 0 aliphatic heterocycles. The molecule has 1 amide bonds. The van der Waals surface area contributed by atoms with Crippen molar-refractivity contribution in [2.45, 2.75) is 25.8 Å². The van der Waals surface area contributed by atoms with E-state index in [1.54, 1.807) is 0 Å². The Balaban J connectivity index is 2.87. The van der Waals surface area contributed by atoms with Crippen molar-refractivity contribution in [1.29, 1.82) is 0 Å². The number of nitrogens with zero attached hydrogens (tertiary/aromatic N) is 1. The van der Waals surface area contributed by atoms with Gasteiger partial charge in [0, 0.05) is 6.07 Å². The number of amides is 1. The van der Waals surface area contributed by atoms with Gasteiger partial charge in [-0.1, -0.05) is 18.5 Å². The zero-order valence-electron chi connectivity index (χ0n) is 10.4. The minimum Gasteiger partial charge on any atom is -0.409 e. The Morgan fingerprint density at radius 1 is 1.53 bits per heavy atom. The maximum Gasteiger partial charge on any atom is 0.254 e. The quantitative estimate of drug-likeness (QED) is 0.329. The van der Waals surface area contributed by atoms with E-state index in [9.17, 15) is 13.6 Å². The minimum absolute atomic E-state index is 0.169. The van der Waals surface area contributed by atoms with Gasteiger partial charge in [0.25, 0.3) is 5.91 Å². The van der Waals surface area contributed by atoms with Gasteiger partial charge in [-0.25, -0.2) is 8.78 Å². The fraction of sp³-hybridized carbons (Fsp3) is 0.333. The Morgan fingerprint density at radius 3 is 2.74 bits per heavy atom. The first-order valence-electron chi connectivity index (χ1n) is 5.73.